The molecule has 1 aliphatic heterocycles. The van der Waals surface area contributed by atoms with Gasteiger partial charge in [-0.1, -0.05) is 18.2 Å². The third-order valence-electron chi connectivity index (χ3n) is 4.68. The number of hydrogen-bond acceptors (Lipinski definition) is 6. The van der Waals surface area contributed by atoms with Gasteiger partial charge in [0.1, 0.15) is 16.6 Å². The van der Waals surface area contributed by atoms with Gasteiger partial charge in [-0.2, -0.15) is 0 Å². The first kappa shape index (κ1) is 18.4. The van der Waals surface area contributed by atoms with Crippen LogP contribution in [-0.4, -0.2) is 53.6 Å². The summed E-state index contributed by atoms with van der Waals surface area (Å²) in [5.41, 5.74) is 2.06. The largest absolute Gasteiger partial charge is 0.484 e. The van der Waals surface area contributed by atoms with Gasteiger partial charge in [0, 0.05) is 49.0 Å². The fraction of sp³-hybridized carbons (Fsp3) is 0.286. The zero-order chi connectivity index (χ0) is 19.3. The summed E-state index contributed by atoms with van der Waals surface area (Å²) < 4.78 is 5.57. The molecule has 0 radical (unpaired) electrons. The lowest BCUT2D eigenvalue weighted by Crippen LogP contribution is -2.50. The number of anilines is 1. The van der Waals surface area contributed by atoms with Crippen molar-refractivity contribution in [3.05, 3.63) is 59.7 Å². The number of ether oxygens (including phenoxy) is 1. The van der Waals surface area contributed by atoms with E-state index in [1.54, 1.807) is 11.3 Å². The normalized spacial score (nSPS) is 14.2. The second-order valence-electron chi connectivity index (χ2n) is 6.67. The summed E-state index contributed by atoms with van der Waals surface area (Å²) in [6.07, 6.45) is 1.87. The molecule has 0 spiro atoms. The molecule has 3 aromatic rings. The van der Waals surface area contributed by atoms with E-state index in [-0.39, 0.29) is 12.5 Å². The SMILES string of the molecule is Cc1csc(-c2ccc(N3CCN(C(=O)COc4ccccc4)CC3)nc2)n1. The van der Waals surface area contributed by atoms with Crippen LogP contribution in [0.25, 0.3) is 10.6 Å². The molecule has 1 amide bonds. The molecule has 0 unspecified atom stereocenters. The van der Waals surface area contributed by atoms with Gasteiger partial charge in [0.05, 0.1) is 0 Å². The van der Waals surface area contributed by atoms with Gasteiger partial charge < -0.3 is 14.5 Å². The number of aryl methyl sites for hydroxylation is 1. The van der Waals surface area contributed by atoms with Gasteiger partial charge in [-0.05, 0) is 31.2 Å². The third-order valence-corrected chi connectivity index (χ3v) is 5.68. The van der Waals surface area contributed by atoms with Crippen molar-refractivity contribution in [3.63, 3.8) is 0 Å². The van der Waals surface area contributed by atoms with Crippen LogP contribution in [0.3, 0.4) is 0 Å². The molecule has 4 rings (SSSR count). The summed E-state index contributed by atoms with van der Waals surface area (Å²) in [7, 11) is 0. The van der Waals surface area contributed by atoms with E-state index in [4.69, 9.17) is 4.74 Å². The topological polar surface area (TPSA) is 58.6 Å². The third kappa shape index (κ3) is 4.31. The van der Waals surface area contributed by atoms with E-state index in [0.29, 0.717) is 18.8 Å². The minimum absolute atomic E-state index is 0.0194. The zero-order valence-corrected chi connectivity index (χ0v) is 16.6. The number of hydrogen-bond donors (Lipinski definition) is 0. The van der Waals surface area contributed by atoms with E-state index in [0.717, 1.165) is 35.2 Å². The van der Waals surface area contributed by atoms with E-state index in [1.807, 2.05) is 59.8 Å². The summed E-state index contributed by atoms with van der Waals surface area (Å²) in [6.45, 7) is 4.94. The molecule has 1 aliphatic rings. The van der Waals surface area contributed by atoms with Crippen molar-refractivity contribution >= 4 is 23.1 Å². The van der Waals surface area contributed by atoms with E-state index in [9.17, 15) is 4.79 Å². The van der Waals surface area contributed by atoms with Crippen LogP contribution in [0.2, 0.25) is 0 Å². The predicted molar refractivity (Wildman–Crippen MR) is 111 cm³/mol. The Bertz CT molecular complexity index is 919. The minimum Gasteiger partial charge on any atom is -0.484 e. The van der Waals surface area contributed by atoms with Crippen LogP contribution in [0.1, 0.15) is 5.69 Å². The van der Waals surface area contributed by atoms with Gasteiger partial charge in [0.2, 0.25) is 0 Å². The number of carbonyl (C=O) groups excluding carboxylic acids is 1. The fourth-order valence-corrected chi connectivity index (χ4v) is 3.91. The van der Waals surface area contributed by atoms with Gasteiger partial charge in [-0.25, -0.2) is 9.97 Å². The minimum atomic E-state index is 0.0194. The lowest BCUT2D eigenvalue weighted by atomic mass is 10.2. The second kappa shape index (κ2) is 8.39. The summed E-state index contributed by atoms with van der Waals surface area (Å²) in [6, 6.07) is 13.5. The number of amides is 1. The summed E-state index contributed by atoms with van der Waals surface area (Å²) in [4.78, 5) is 25.5. The quantitative estimate of drug-likeness (QED) is 0.665. The van der Waals surface area contributed by atoms with E-state index in [1.165, 1.54) is 0 Å². The van der Waals surface area contributed by atoms with Crippen LogP contribution < -0.4 is 9.64 Å². The predicted octanol–water partition coefficient (Wildman–Crippen LogP) is 3.24. The molecule has 1 aromatic carbocycles. The number of aromatic nitrogens is 2. The molecule has 1 fully saturated rings. The Morgan fingerprint density at radius 1 is 1.11 bits per heavy atom. The van der Waals surface area contributed by atoms with Crippen LogP contribution in [0.5, 0.6) is 5.75 Å². The van der Waals surface area contributed by atoms with Crippen molar-refractivity contribution in [1.82, 2.24) is 14.9 Å². The van der Waals surface area contributed by atoms with E-state index >= 15 is 0 Å². The number of nitrogens with zero attached hydrogens (tertiary/aromatic N) is 4. The maximum absolute atomic E-state index is 12.4. The average molecular weight is 395 g/mol. The number of piperazine rings is 1. The zero-order valence-electron chi connectivity index (χ0n) is 15.7. The van der Waals surface area contributed by atoms with Gasteiger partial charge >= 0.3 is 0 Å². The Morgan fingerprint density at radius 3 is 2.54 bits per heavy atom. The summed E-state index contributed by atoms with van der Waals surface area (Å²) in [5, 5.41) is 3.03. The molecular formula is C21H22N4O2S. The Kier molecular flexibility index (Phi) is 5.53. The lowest BCUT2D eigenvalue weighted by Gasteiger charge is -2.35. The van der Waals surface area contributed by atoms with Crippen molar-refractivity contribution < 1.29 is 9.53 Å². The molecule has 1 saturated heterocycles. The number of benzene rings is 1. The molecule has 0 atom stereocenters. The number of thiazole rings is 1. The van der Waals surface area contributed by atoms with E-state index in [2.05, 4.69) is 20.9 Å². The molecule has 0 bridgehead atoms. The maximum atomic E-state index is 12.4. The van der Waals surface area contributed by atoms with Crippen LogP contribution in [0, 0.1) is 6.92 Å². The smallest absolute Gasteiger partial charge is 0.260 e. The Balaban J connectivity index is 1.29. The van der Waals surface area contributed by atoms with E-state index < -0.39 is 0 Å². The van der Waals surface area contributed by atoms with Gasteiger partial charge in [0.15, 0.2) is 6.61 Å². The van der Waals surface area contributed by atoms with Crippen LogP contribution in [0.15, 0.2) is 54.0 Å². The van der Waals surface area contributed by atoms with Crippen molar-refractivity contribution in [2.45, 2.75) is 6.92 Å². The maximum Gasteiger partial charge on any atom is 0.260 e. The van der Waals surface area contributed by atoms with Crippen LogP contribution in [0.4, 0.5) is 5.82 Å². The highest BCUT2D eigenvalue weighted by molar-refractivity contribution is 7.13. The van der Waals surface area contributed by atoms with Crippen molar-refractivity contribution in [1.29, 1.82) is 0 Å². The first-order valence-corrected chi connectivity index (χ1v) is 10.2. The Hall–Kier alpha value is -2.93. The molecule has 0 saturated carbocycles. The number of carbonyl (C=O) groups is 1. The second-order valence-corrected chi connectivity index (χ2v) is 7.53. The molecule has 7 heteroatoms. The highest BCUT2D eigenvalue weighted by atomic mass is 32.1. The number of pyridine rings is 1. The van der Waals surface area contributed by atoms with Crippen molar-refractivity contribution in [3.8, 4) is 16.3 Å². The molecule has 3 heterocycles. The van der Waals surface area contributed by atoms with Gasteiger partial charge in [0.25, 0.3) is 5.91 Å². The highest BCUT2D eigenvalue weighted by Crippen LogP contribution is 2.24. The monoisotopic (exact) mass is 394 g/mol. The number of para-hydroxylation sites is 1. The summed E-state index contributed by atoms with van der Waals surface area (Å²) in [5.74, 6) is 1.67. The lowest BCUT2D eigenvalue weighted by molar-refractivity contribution is -0.133. The van der Waals surface area contributed by atoms with Crippen LogP contribution >= 0.6 is 11.3 Å². The molecule has 6 nitrogen and oxygen atoms in total. The van der Waals surface area contributed by atoms with Crippen molar-refractivity contribution in [2.24, 2.45) is 0 Å². The first-order chi connectivity index (χ1) is 13.7. The Morgan fingerprint density at radius 2 is 1.89 bits per heavy atom. The standard InChI is InChI=1S/C21H22N4O2S/c1-16-15-28-21(23-16)17-7-8-19(22-13-17)24-9-11-25(12-10-24)20(26)14-27-18-5-3-2-4-6-18/h2-8,13,15H,9-12,14H2,1H3. The molecular weight excluding hydrogens is 372 g/mol. The van der Waals surface area contributed by atoms with Crippen molar-refractivity contribution in [2.75, 3.05) is 37.7 Å². The molecule has 0 aliphatic carbocycles. The average Bonchev–Trinajstić information content (AvgIpc) is 3.19. The molecule has 28 heavy (non-hydrogen) atoms. The molecule has 0 N–H and O–H groups in total. The Labute approximate surface area is 168 Å². The molecule has 144 valence electrons. The number of rotatable bonds is 5. The first-order valence-electron chi connectivity index (χ1n) is 9.28. The van der Waals surface area contributed by atoms with Crippen LogP contribution in [-0.2, 0) is 4.79 Å². The van der Waals surface area contributed by atoms with Gasteiger partial charge in [-0.15, -0.1) is 11.3 Å². The fourth-order valence-electron chi connectivity index (χ4n) is 3.12. The highest BCUT2D eigenvalue weighted by Gasteiger charge is 2.22. The molecule has 2 aromatic heterocycles. The van der Waals surface area contributed by atoms with Gasteiger partial charge in [-0.3, -0.25) is 4.79 Å². The summed E-state index contributed by atoms with van der Waals surface area (Å²) >= 11 is 1.63.